The number of anilines is 1. The van der Waals surface area contributed by atoms with E-state index < -0.39 is 8.32 Å². The van der Waals surface area contributed by atoms with Gasteiger partial charge >= 0.3 is 0 Å². The molecule has 0 aliphatic rings. The van der Waals surface area contributed by atoms with E-state index in [9.17, 15) is 0 Å². The van der Waals surface area contributed by atoms with Crippen LogP contribution in [0.4, 0.5) is 5.69 Å². The standard InChI is InChI=1S/C24H37NO5Si/c1-24(2,3)31(9,10)30-20-13-17(11-12-19(20)26-5)16-25(4)18-14-21(27-6)23(29-8)22(15-18)28-7/h11-15H,16H2,1-10H3. The first-order chi connectivity index (χ1) is 14.5. The molecule has 0 unspecified atom stereocenters. The molecule has 0 heterocycles. The van der Waals surface area contributed by atoms with Crippen LogP contribution in [0.3, 0.4) is 0 Å². The van der Waals surface area contributed by atoms with Gasteiger partial charge < -0.3 is 28.3 Å². The van der Waals surface area contributed by atoms with E-state index in [0.717, 1.165) is 22.7 Å². The van der Waals surface area contributed by atoms with Gasteiger partial charge in [0.25, 0.3) is 8.32 Å². The second-order valence-corrected chi connectivity index (χ2v) is 13.8. The Morgan fingerprint density at radius 3 is 1.77 bits per heavy atom. The molecule has 2 rings (SSSR count). The van der Waals surface area contributed by atoms with Crippen molar-refractivity contribution >= 4 is 14.0 Å². The fourth-order valence-corrected chi connectivity index (χ4v) is 4.00. The number of nitrogens with zero attached hydrogens (tertiary/aromatic N) is 1. The fourth-order valence-electron chi connectivity index (χ4n) is 2.98. The monoisotopic (exact) mass is 447 g/mol. The number of methoxy groups -OCH3 is 4. The molecule has 0 N–H and O–H groups in total. The van der Waals surface area contributed by atoms with Gasteiger partial charge in [-0.1, -0.05) is 26.8 Å². The number of benzene rings is 2. The molecule has 2 aromatic carbocycles. The van der Waals surface area contributed by atoms with E-state index in [2.05, 4.69) is 50.9 Å². The highest BCUT2D eigenvalue weighted by molar-refractivity contribution is 6.74. The van der Waals surface area contributed by atoms with E-state index >= 15 is 0 Å². The van der Waals surface area contributed by atoms with Gasteiger partial charge in [-0.2, -0.15) is 0 Å². The quantitative estimate of drug-likeness (QED) is 0.457. The maximum absolute atomic E-state index is 6.56. The van der Waals surface area contributed by atoms with Gasteiger partial charge in [0.15, 0.2) is 17.2 Å². The maximum atomic E-state index is 6.56. The van der Waals surface area contributed by atoms with Crippen LogP contribution in [0, 0.1) is 0 Å². The zero-order valence-electron chi connectivity index (χ0n) is 20.6. The lowest BCUT2D eigenvalue weighted by molar-refractivity contribution is 0.324. The molecule has 0 fully saturated rings. The Bertz CT molecular complexity index is 867. The molecule has 2 aromatic rings. The van der Waals surface area contributed by atoms with Crippen molar-refractivity contribution in [2.75, 3.05) is 40.4 Å². The Labute approximate surface area is 188 Å². The minimum absolute atomic E-state index is 0.0982. The molecule has 31 heavy (non-hydrogen) atoms. The lowest BCUT2D eigenvalue weighted by atomic mass is 10.1. The van der Waals surface area contributed by atoms with Gasteiger partial charge in [0.1, 0.15) is 5.75 Å². The van der Waals surface area contributed by atoms with Gasteiger partial charge in [0, 0.05) is 31.4 Å². The first-order valence-electron chi connectivity index (χ1n) is 10.3. The van der Waals surface area contributed by atoms with E-state index in [4.69, 9.17) is 23.4 Å². The summed E-state index contributed by atoms with van der Waals surface area (Å²) in [6.07, 6.45) is 0. The molecule has 0 spiro atoms. The predicted octanol–water partition coefficient (Wildman–Crippen LogP) is 5.74. The van der Waals surface area contributed by atoms with Crippen molar-refractivity contribution in [1.29, 1.82) is 0 Å². The third kappa shape index (κ3) is 5.58. The second-order valence-electron chi connectivity index (χ2n) is 9.09. The minimum atomic E-state index is -2.00. The van der Waals surface area contributed by atoms with Gasteiger partial charge in [0.2, 0.25) is 5.75 Å². The van der Waals surface area contributed by atoms with Crippen molar-refractivity contribution < 1.29 is 23.4 Å². The Morgan fingerprint density at radius 2 is 1.32 bits per heavy atom. The summed E-state index contributed by atoms with van der Waals surface area (Å²) < 4.78 is 28.5. The molecule has 0 bridgehead atoms. The van der Waals surface area contributed by atoms with Crippen molar-refractivity contribution in [3.05, 3.63) is 35.9 Å². The van der Waals surface area contributed by atoms with Gasteiger partial charge in [0.05, 0.1) is 28.4 Å². The summed E-state index contributed by atoms with van der Waals surface area (Å²) in [5, 5.41) is 0.0982. The molecule has 172 valence electrons. The minimum Gasteiger partial charge on any atom is -0.541 e. The van der Waals surface area contributed by atoms with E-state index in [1.165, 1.54) is 0 Å². The molecule has 0 aromatic heterocycles. The van der Waals surface area contributed by atoms with Crippen LogP contribution in [0.15, 0.2) is 30.3 Å². The molecule has 6 nitrogen and oxygen atoms in total. The number of hydrogen-bond donors (Lipinski definition) is 0. The first kappa shape index (κ1) is 24.7. The summed E-state index contributed by atoms with van der Waals surface area (Å²) in [7, 11) is 6.55. The zero-order valence-corrected chi connectivity index (χ0v) is 21.6. The van der Waals surface area contributed by atoms with Gasteiger partial charge in [-0.05, 0) is 35.8 Å². The normalized spacial score (nSPS) is 11.7. The molecule has 0 aliphatic carbocycles. The molecule has 7 heteroatoms. The fraction of sp³-hybridized carbons (Fsp3) is 0.500. The molecule has 0 amide bonds. The summed E-state index contributed by atoms with van der Waals surface area (Å²) in [6, 6.07) is 10.00. The van der Waals surface area contributed by atoms with Crippen molar-refractivity contribution in [1.82, 2.24) is 0 Å². The van der Waals surface area contributed by atoms with Crippen LogP contribution in [0.1, 0.15) is 26.3 Å². The summed E-state index contributed by atoms with van der Waals surface area (Å²) in [5.41, 5.74) is 2.07. The SMILES string of the molecule is COc1ccc(CN(C)c2cc(OC)c(OC)c(OC)c2)cc1O[Si](C)(C)C(C)(C)C. The molecule has 0 atom stereocenters. The van der Waals surface area contributed by atoms with Gasteiger partial charge in [-0.25, -0.2) is 0 Å². The van der Waals surface area contributed by atoms with Crippen LogP contribution >= 0.6 is 0 Å². The van der Waals surface area contributed by atoms with E-state index in [1.807, 2.05) is 25.2 Å². The Morgan fingerprint density at radius 1 is 0.774 bits per heavy atom. The van der Waals surface area contributed by atoms with Crippen molar-refractivity contribution in [2.24, 2.45) is 0 Å². The third-order valence-corrected chi connectivity index (χ3v) is 10.3. The summed E-state index contributed by atoms with van der Waals surface area (Å²) in [5.74, 6) is 3.38. The van der Waals surface area contributed by atoms with Crippen LogP contribution in [0.2, 0.25) is 18.1 Å². The smallest absolute Gasteiger partial charge is 0.250 e. The van der Waals surface area contributed by atoms with Crippen LogP contribution in [0.25, 0.3) is 0 Å². The Hall–Kier alpha value is -2.54. The van der Waals surface area contributed by atoms with E-state index in [-0.39, 0.29) is 5.04 Å². The highest BCUT2D eigenvalue weighted by Crippen LogP contribution is 2.42. The maximum Gasteiger partial charge on any atom is 0.250 e. The summed E-state index contributed by atoms with van der Waals surface area (Å²) >= 11 is 0. The topological polar surface area (TPSA) is 49.4 Å². The van der Waals surface area contributed by atoms with Crippen LogP contribution in [0.5, 0.6) is 28.7 Å². The van der Waals surface area contributed by atoms with Crippen LogP contribution in [-0.2, 0) is 6.54 Å². The number of ether oxygens (including phenoxy) is 4. The van der Waals surface area contributed by atoms with Crippen LogP contribution in [-0.4, -0.2) is 43.8 Å². The predicted molar refractivity (Wildman–Crippen MR) is 129 cm³/mol. The molecule has 0 saturated heterocycles. The molecule has 0 saturated carbocycles. The lowest BCUT2D eigenvalue weighted by Gasteiger charge is -2.37. The van der Waals surface area contributed by atoms with Gasteiger partial charge in [-0.3, -0.25) is 0 Å². The molecular formula is C24H37NO5Si. The molecule has 0 radical (unpaired) electrons. The van der Waals surface area contributed by atoms with E-state index in [1.54, 1.807) is 28.4 Å². The highest BCUT2D eigenvalue weighted by Gasteiger charge is 2.39. The zero-order chi connectivity index (χ0) is 23.4. The molecule has 0 aliphatic heterocycles. The largest absolute Gasteiger partial charge is 0.541 e. The number of rotatable bonds is 9. The Kier molecular flexibility index (Phi) is 7.76. The lowest BCUT2D eigenvalue weighted by Crippen LogP contribution is -2.44. The van der Waals surface area contributed by atoms with Crippen LogP contribution < -0.4 is 28.3 Å². The molecular weight excluding hydrogens is 410 g/mol. The van der Waals surface area contributed by atoms with Crippen molar-refractivity contribution in [3.63, 3.8) is 0 Å². The summed E-state index contributed by atoms with van der Waals surface area (Å²) in [4.78, 5) is 2.13. The average molecular weight is 448 g/mol. The van der Waals surface area contributed by atoms with Gasteiger partial charge in [-0.15, -0.1) is 0 Å². The summed E-state index contributed by atoms with van der Waals surface area (Å²) in [6.45, 7) is 11.8. The third-order valence-electron chi connectivity index (χ3n) is 5.91. The second kappa shape index (κ2) is 9.72. The average Bonchev–Trinajstić information content (AvgIpc) is 2.71. The highest BCUT2D eigenvalue weighted by atomic mass is 28.4. The Balaban J connectivity index is 2.35. The van der Waals surface area contributed by atoms with Crippen molar-refractivity contribution in [3.8, 4) is 28.7 Å². The van der Waals surface area contributed by atoms with Crippen molar-refractivity contribution in [2.45, 2.75) is 45.4 Å². The number of hydrogen-bond acceptors (Lipinski definition) is 6. The first-order valence-corrected chi connectivity index (χ1v) is 13.2. The van der Waals surface area contributed by atoms with E-state index in [0.29, 0.717) is 23.8 Å².